The van der Waals surface area contributed by atoms with Crippen molar-refractivity contribution in [3.8, 4) is 50.7 Å². The molecule has 0 aliphatic heterocycles. The molecule has 0 radical (unpaired) electrons. The standard InChI is InChI=1S/C50H52N2O2/c1-31(32-16-12-11-13-17-32)33-18-14-19-34(24-33)35-22-23-51-43(28-35)37-25-36(26-38(27-37)48(2,3)4)40-20-15-21-44-45(40)52-47(54-44)41-29-39(49(5,6)7)30-42(46(41)53)50(8,9)10/h11-31,53H,1-10H3. The summed E-state index contributed by atoms with van der Waals surface area (Å²) in [6.07, 6.45) is 1.91. The van der Waals surface area contributed by atoms with Gasteiger partial charge in [-0.05, 0) is 91.6 Å². The molecule has 0 spiro atoms. The highest BCUT2D eigenvalue weighted by molar-refractivity contribution is 5.93. The van der Waals surface area contributed by atoms with Crippen LogP contribution in [0.1, 0.15) is 103 Å². The Kier molecular flexibility index (Phi) is 9.38. The van der Waals surface area contributed by atoms with Gasteiger partial charge in [0.2, 0.25) is 5.89 Å². The van der Waals surface area contributed by atoms with Crippen LogP contribution in [0.15, 0.2) is 126 Å². The van der Waals surface area contributed by atoms with Gasteiger partial charge in [0, 0.05) is 28.8 Å². The first-order chi connectivity index (χ1) is 25.5. The van der Waals surface area contributed by atoms with Crippen molar-refractivity contribution in [2.75, 3.05) is 0 Å². The average molecular weight is 713 g/mol. The molecule has 2 aromatic heterocycles. The van der Waals surface area contributed by atoms with E-state index in [9.17, 15) is 5.11 Å². The Balaban J connectivity index is 1.33. The fourth-order valence-electron chi connectivity index (χ4n) is 7.15. The summed E-state index contributed by atoms with van der Waals surface area (Å²) in [6, 6.07) is 40.8. The highest BCUT2D eigenvalue weighted by Gasteiger charge is 2.28. The first-order valence-electron chi connectivity index (χ1n) is 19.0. The molecule has 0 fully saturated rings. The third-order valence-corrected chi connectivity index (χ3v) is 10.6. The third-order valence-electron chi connectivity index (χ3n) is 10.6. The summed E-state index contributed by atoms with van der Waals surface area (Å²) in [7, 11) is 0. The zero-order valence-electron chi connectivity index (χ0n) is 33.4. The number of hydrogen-bond acceptors (Lipinski definition) is 4. The second-order valence-corrected chi connectivity index (χ2v) is 17.8. The quantitative estimate of drug-likeness (QED) is 0.186. The molecule has 274 valence electrons. The first kappa shape index (κ1) is 36.9. The van der Waals surface area contributed by atoms with Crippen molar-refractivity contribution in [3.05, 3.63) is 149 Å². The van der Waals surface area contributed by atoms with E-state index in [0.29, 0.717) is 17.0 Å². The molecule has 1 N–H and O–H groups in total. The van der Waals surface area contributed by atoms with Crippen LogP contribution in [0, 0.1) is 0 Å². The van der Waals surface area contributed by atoms with E-state index >= 15 is 0 Å². The summed E-state index contributed by atoms with van der Waals surface area (Å²) in [4.78, 5) is 10.0. The maximum absolute atomic E-state index is 11.7. The Hall–Kier alpha value is -5.48. The molecule has 5 aromatic carbocycles. The molecule has 0 saturated carbocycles. The smallest absolute Gasteiger partial charge is 0.231 e. The number of pyridine rings is 1. The lowest BCUT2D eigenvalue weighted by Crippen LogP contribution is -2.17. The largest absolute Gasteiger partial charge is 0.507 e. The third kappa shape index (κ3) is 7.35. The molecule has 0 amide bonds. The van der Waals surface area contributed by atoms with E-state index in [1.165, 1.54) is 22.3 Å². The van der Waals surface area contributed by atoms with E-state index in [2.05, 4.69) is 166 Å². The first-order valence-corrected chi connectivity index (χ1v) is 19.0. The Morgan fingerprint density at radius 2 is 1.20 bits per heavy atom. The van der Waals surface area contributed by atoms with Gasteiger partial charge in [-0.15, -0.1) is 0 Å². The molecule has 0 bridgehead atoms. The molecule has 54 heavy (non-hydrogen) atoms. The van der Waals surface area contributed by atoms with Gasteiger partial charge in [0.1, 0.15) is 11.3 Å². The number of rotatable bonds is 6. The lowest BCUT2D eigenvalue weighted by atomic mass is 9.79. The zero-order valence-corrected chi connectivity index (χ0v) is 33.4. The number of hydrogen-bond donors (Lipinski definition) is 1. The van der Waals surface area contributed by atoms with Gasteiger partial charge in [-0.25, -0.2) is 4.98 Å². The number of para-hydroxylation sites is 1. The molecule has 7 aromatic rings. The minimum atomic E-state index is -0.268. The lowest BCUT2D eigenvalue weighted by Gasteiger charge is -2.27. The fourth-order valence-corrected chi connectivity index (χ4v) is 7.15. The van der Waals surface area contributed by atoms with Gasteiger partial charge in [-0.1, -0.05) is 148 Å². The van der Waals surface area contributed by atoms with Gasteiger partial charge >= 0.3 is 0 Å². The number of nitrogens with zero attached hydrogens (tertiary/aromatic N) is 2. The summed E-state index contributed by atoms with van der Waals surface area (Å²) in [6.45, 7) is 21.9. The van der Waals surface area contributed by atoms with Gasteiger partial charge in [-0.2, -0.15) is 0 Å². The molecular formula is C50H52N2O2. The van der Waals surface area contributed by atoms with E-state index in [0.717, 1.165) is 44.6 Å². The van der Waals surface area contributed by atoms with Crippen molar-refractivity contribution in [1.82, 2.24) is 9.97 Å². The van der Waals surface area contributed by atoms with E-state index < -0.39 is 0 Å². The molecule has 0 aliphatic rings. The van der Waals surface area contributed by atoms with Crippen molar-refractivity contribution in [2.45, 2.75) is 91.4 Å². The van der Waals surface area contributed by atoms with Gasteiger partial charge in [0.05, 0.1) is 11.3 Å². The predicted molar refractivity (Wildman–Crippen MR) is 225 cm³/mol. The zero-order chi connectivity index (χ0) is 38.6. The SMILES string of the molecule is CC(c1ccccc1)c1cccc(-c2ccnc(-c3cc(-c4cccc5oc(-c6cc(C(C)(C)C)cc(C(C)(C)C)c6O)nc45)cc(C(C)(C)C)c3)c2)c1. The van der Waals surface area contributed by atoms with Crippen LogP contribution in [0.3, 0.4) is 0 Å². The normalized spacial score (nSPS) is 13.0. The summed E-state index contributed by atoms with van der Waals surface area (Å²) >= 11 is 0. The van der Waals surface area contributed by atoms with Crippen LogP contribution in [0.5, 0.6) is 5.75 Å². The van der Waals surface area contributed by atoms with E-state index in [1.807, 2.05) is 24.4 Å². The highest BCUT2D eigenvalue weighted by Crippen LogP contribution is 2.44. The van der Waals surface area contributed by atoms with E-state index in [1.54, 1.807) is 0 Å². The number of phenols is 1. The monoisotopic (exact) mass is 712 g/mol. The summed E-state index contributed by atoms with van der Waals surface area (Å²) in [5.74, 6) is 0.911. The van der Waals surface area contributed by atoms with Crippen LogP contribution in [-0.2, 0) is 16.2 Å². The number of fused-ring (bicyclic) bond motifs is 1. The molecule has 2 heterocycles. The van der Waals surface area contributed by atoms with Crippen LogP contribution < -0.4 is 0 Å². The molecule has 0 aliphatic carbocycles. The Bertz CT molecular complexity index is 2470. The van der Waals surface area contributed by atoms with Crippen LogP contribution >= 0.6 is 0 Å². The lowest BCUT2D eigenvalue weighted by molar-refractivity contribution is 0.444. The van der Waals surface area contributed by atoms with E-state index in [4.69, 9.17) is 14.4 Å². The number of aromatic hydroxyl groups is 1. The Labute approximate surface area is 321 Å². The van der Waals surface area contributed by atoms with Crippen molar-refractivity contribution in [2.24, 2.45) is 0 Å². The molecule has 4 heteroatoms. The molecule has 0 saturated heterocycles. The van der Waals surface area contributed by atoms with E-state index in [-0.39, 0.29) is 27.9 Å². The van der Waals surface area contributed by atoms with Gasteiger partial charge in [-0.3, -0.25) is 4.98 Å². The van der Waals surface area contributed by atoms with Gasteiger partial charge in [0.25, 0.3) is 0 Å². The number of oxazole rings is 1. The number of phenolic OH excluding ortho intramolecular Hbond substituents is 1. The predicted octanol–water partition coefficient (Wildman–Crippen LogP) is 13.6. The average Bonchev–Trinajstić information content (AvgIpc) is 3.58. The molecule has 1 unspecified atom stereocenters. The van der Waals surface area contributed by atoms with Crippen LogP contribution in [0.4, 0.5) is 0 Å². The highest BCUT2D eigenvalue weighted by atomic mass is 16.3. The van der Waals surface area contributed by atoms with Crippen molar-refractivity contribution in [3.63, 3.8) is 0 Å². The number of benzene rings is 5. The van der Waals surface area contributed by atoms with Crippen LogP contribution in [-0.4, -0.2) is 15.1 Å². The van der Waals surface area contributed by atoms with Gasteiger partial charge in [0.15, 0.2) is 5.58 Å². The maximum atomic E-state index is 11.7. The molecular weight excluding hydrogens is 661 g/mol. The summed E-state index contributed by atoms with van der Waals surface area (Å²) < 4.78 is 6.48. The van der Waals surface area contributed by atoms with Gasteiger partial charge < -0.3 is 9.52 Å². The molecule has 4 nitrogen and oxygen atoms in total. The molecule has 1 atom stereocenters. The van der Waals surface area contributed by atoms with Crippen LogP contribution in [0.25, 0.3) is 56.1 Å². The van der Waals surface area contributed by atoms with Crippen molar-refractivity contribution in [1.29, 1.82) is 0 Å². The van der Waals surface area contributed by atoms with Crippen molar-refractivity contribution >= 4 is 11.1 Å². The Morgan fingerprint density at radius 3 is 1.91 bits per heavy atom. The van der Waals surface area contributed by atoms with Crippen molar-refractivity contribution < 1.29 is 9.52 Å². The minimum absolute atomic E-state index is 0.115. The number of aromatic nitrogens is 2. The van der Waals surface area contributed by atoms with Crippen LogP contribution in [0.2, 0.25) is 0 Å². The maximum Gasteiger partial charge on any atom is 0.231 e. The second kappa shape index (κ2) is 13.7. The minimum Gasteiger partial charge on any atom is -0.507 e. The summed E-state index contributed by atoms with van der Waals surface area (Å²) in [5, 5.41) is 11.7. The fraction of sp³-hybridized carbons (Fsp3) is 0.280. The second-order valence-electron chi connectivity index (χ2n) is 17.8. The summed E-state index contributed by atoms with van der Waals surface area (Å²) in [5.41, 5.74) is 13.6. The topological polar surface area (TPSA) is 59.2 Å². The molecule has 7 rings (SSSR count). The Morgan fingerprint density at radius 1 is 0.556 bits per heavy atom.